The number of rotatable bonds is 4. The minimum Gasteiger partial charge on any atom is -0.347 e. The third kappa shape index (κ3) is 3.82. The number of nitrogens with zero attached hydrogens (tertiary/aromatic N) is 2. The second kappa shape index (κ2) is 7.66. The van der Waals surface area contributed by atoms with Gasteiger partial charge in [-0.2, -0.15) is 0 Å². The highest BCUT2D eigenvalue weighted by molar-refractivity contribution is 5.98. The lowest BCUT2D eigenvalue weighted by atomic mass is 9.84. The summed E-state index contributed by atoms with van der Waals surface area (Å²) in [5.41, 5.74) is 0.480. The topological polar surface area (TPSA) is 91.4 Å². The molecule has 27 heavy (non-hydrogen) atoms. The predicted molar refractivity (Wildman–Crippen MR) is 98.7 cm³/mol. The van der Waals surface area contributed by atoms with Crippen molar-refractivity contribution in [1.29, 1.82) is 0 Å². The molecule has 7 heteroatoms. The quantitative estimate of drug-likeness (QED) is 0.834. The van der Waals surface area contributed by atoms with E-state index in [1.54, 1.807) is 23.2 Å². The molecule has 0 unspecified atom stereocenters. The Morgan fingerprint density at radius 2 is 2.07 bits per heavy atom. The van der Waals surface area contributed by atoms with Crippen LogP contribution in [0.2, 0.25) is 0 Å². The number of carbonyl (C=O) groups is 3. The highest BCUT2D eigenvalue weighted by Crippen LogP contribution is 2.30. The van der Waals surface area contributed by atoms with Crippen LogP contribution in [-0.4, -0.2) is 52.3 Å². The van der Waals surface area contributed by atoms with Gasteiger partial charge in [0.2, 0.25) is 11.8 Å². The van der Waals surface area contributed by atoms with E-state index in [4.69, 9.17) is 0 Å². The molecule has 3 heterocycles. The fraction of sp³-hybridized carbons (Fsp3) is 0.600. The van der Waals surface area contributed by atoms with Crippen molar-refractivity contribution in [3.8, 4) is 0 Å². The van der Waals surface area contributed by atoms with Crippen LogP contribution in [0.3, 0.4) is 0 Å². The molecule has 144 valence electrons. The van der Waals surface area contributed by atoms with E-state index in [-0.39, 0.29) is 23.8 Å². The zero-order valence-corrected chi connectivity index (χ0v) is 15.4. The molecule has 2 aliphatic heterocycles. The number of amides is 3. The van der Waals surface area contributed by atoms with Gasteiger partial charge in [-0.15, -0.1) is 0 Å². The average Bonchev–Trinajstić information content (AvgIpc) is 3.12. The first-order valence-corrected chi connectivity index (χ1v) is 9.93. The van der Waals surface area contributed by atoms with E-state index in [1.165, 1.54) is 25.5 Å². The lowest BCUT2D eigenvalue weighted by Crippen LogP contribution is -2.61. The predicted octanol–water partition coefficient (Wildman–Crippen LogP) is 1.25. The zero-order valence-electron chi connectivity index (χ0n) is 15.4. The van der Waals surface area contributed by atoms with Gasteiger partial charge in [-0.05, 0) is 30.9 Å². The van der Waals surface area contributed by atoms with Crippen LogP contribution in [0, 0.1) is 5.92 Å². The van der Waals surface area contributed by atoms with Gasteiger partial charge in [-0.3, -0.25) is 19.4 Å². The molecule has 0 radical (unpaired) electrons. The van der Waals surface area contributed by atoms with E-state index in [2.05, 4.69) is 15.6 Å². The highest BCUT2D eigenvalue weighted by Gasteiger charge is 2.47. The summed E-state index contributed by atoms with van der Waals surface area (Å²) < 4.78 is 0. The third-order valence-electron chi connectivity index (χ3n) is 6.05. The Morgan fingerprint density at radius 1 is 1.26 bits per heavy atom. The van der Waals surface area contributed by atoms with E-state index in [1.807, 2.05) is 0 Å². The first-order chi connectivity index (χ1) is 13.1. The number of piperazine rings is 1. The molecular weight excluding hydrogens is 344 g/mol. The summed E-state index contributed by atoms with van der Waals surface area (Å²) in [6, 6.07) is 2.30. The summed E-state index contributed by atoms with van der Waals surface area (Å²) in [6.45, 7) is 0.393. The smallest absolute Gasteiger partial charge is 0.253 e. The van der Waals surface area contributed by atoms with Crippen LogP contribution in [0.1, 0.15) is 55.3 Å². The lowest BCUT2D eigenvalue weighted by Gasteiger charge is -2.36. The maximum Gasteiger partial charge on any atom is 0.253 e. The van der Waals surface area contributed by atoms with Crippen LogP contribution in [-0.2, 0) is 9.59 Å². The SMILES string of the molecule is O=C(N[C@H]1C[C@H]2C(=O)N[C@@H](CC3CCCCC3)C(=O)N2C1)c1cccnc1. The molecule has 0 bridgehead atoms. The molecule has 1 aromatic heterocycles. The molecule has 3 fully saturated rings. The fourth-order valence-electron chi connectivity index (χ4n) is 4.64. The summed E-state index contributed by atoms with van der Waals surface area (Å²) in [7, 11) is 0. The number of aromatic nitrogens is 1. The molecule has 3 amide bonds. The van der Waals surface area contributed by atoms with Crippen LogP contribution in [0.5, 0.6) is 0 Å². The Labute approximate surface area is 158 Å². The van der Waals surface area contributed by atoms with Gasteiger partial charge in [-0.25, -0.2) is 0 Å². The zero-order chi connectivity index (χ0) is 18.8. The molecule has 1 aliphatic carbocycles. The standard InChI is InChI=1S/C20H26N4O3/c25-18(14-7-4-8-21-11-14)22-15-10-17-19(26)23-16(20(27)24(17)12-15)9-13-5-2-1-3-6-13/h4,7-8,11,13,15-17H,1-3,5-6,9-10,12H2,(H,22,25)(H,23,26)/t15-,16-,17-/m0/s1. The van der Waals surface area contributed by atoms with E-state index >= 15 is 0 Å². The third-order valence-corrected chi connectivity index (χ3v) is 6.05. The minimum absolute atomic E-state index is 0.00306. The van der Waals surface area contributed by atoms with Crippen molar-refractivity contribution in [2.45, 2.75) is 63.1 Å². The van der Waals surface area contributed by atoms with Crippen LogP contribution in [0.15, 0.2) is 24.5 Å². The first kappa shape index (κ1) is 17.9. The molecule has 0 aromatic carbocycles. The van der Waals surface area contributed by atoms with Gasteiger partial charge in [0.15, 0.2) is 0 Å². The number of pyridine rings is 1. The molecule has 2 saturated heterocycles. The van der Waals surface area contributed by atoms with Crippen molar-refractivity contribution in [2.24, 2.45) is 5.92 Å². The molecule has 1 saturated carbocycles. The minimum atomic E-state index is -0.473. The normalized spacial score (nSPS) is 28.6. The Morgan fingerprint density at radius 3 is 2.81 bits per heavy atom. The fourth-order valence-corrected chi connectivity index (χ4v) is 4.64. The monoisotopic (exact) mass is 370 g/mol. The molecule has 0 spiro atoms. The molecular formula is C20H26N4O3. The summed E-state index contributed by atoms with van der Waals surface area (Å²) in [5, 5.41) is 5.87. The Balaban J connectivity index is 1.38. The maximum atomic E-state index is 12.9. The molecule has 2 N–H and O–H groups in total. The summed E-state index contributed by atoms with van der Waals surface area (Å²) in [5.74, 6) is 0.213. The van der Waals surface area contributed by atoms with Gasteiger partial charge in [0, 0.05) is 25.0 Å². The molecule has 4 rings (SSSR count). The van der Waals surface area contributed by atoms with Gasteiger partial charge in [-0.1, -0.05) is 32.1 Å². The summed E-state index contributed by atoms with van der Waals surface area (Å²) in [4.78, 5) is 43.4. The van der Waals surface area contributed by atoms with Crippen LogP contribution in [0.25, 0.3) is 0 Å². The molecule has 7 nitrogen and oxygen atoms in total. The largest absolute Gasteiger partial charge is 0.347 e. The average molecular weight is 370 g/mol. The van der Waals surface area contributed by atoms with Crippen molar-refractivity contribution in [3.63, 3.8) is 0 Å². The van der Waals surface area contributed by atoms with E-state index in [9.17, 15) is 14.4 Å². The van der Waals surface area contributed by atoms with Crippen molar-refractivity contribution in [1.82, 2.24) is 20.5 Å². The van der Waals surface area contributed by atoms with Gasteiger partial charge in [0.1, 0.15) is 12.1 Å². The Kier molecular flexibility index (Phi) is 5.09. The highest BCUT2D eigenvalue weighted by atomic mass is 16.2. The van der Waals surface area contributed by atoms with Crippen molar-refractivity contribution >= 4 is 17.7 Å². The summed E-state index contributed by atoms with van der Waals surface area (Å²) >= 11 is 0. The number of carbonyl (C=O) groups excluding carboxylic acids is 3. The number of hydrogen-bond donors (Lipinski definition) is 2. The van der Waals surface area contributed by atoms with Gasteiger partial charge >= 0.3 is 0 Å². The summed E-state index contributed by atoms with van der Waals surface area (Å²) in [6.07, 6.45) is 10.3. The van der Waals surface area contributed by atoms with E-state index in [0.29, 0.717) is 24.4 Å². The second-order valence-electron chi connectivity index (χ2n) is 7.96. The van der Waals surface area contributed by atoms with Gasteiger partial charge in [0.05, 0.1) is 5.56 Å². The first-order valence-electron chi connectivity index (χ1n) is 9.93. The Bertz CT molecular complexity index is 717. The number of fused-ring (bicyclic) bond motifs is 1. The second-order valence-corrected chi connectivity index (χ2v) is 7.96. The maximum absolute atomic E-state index is 12.9. The number of hydrogen-bond acceptors (Lipinski definition) is 4. The van der Waals surface area contributed by atoms with E-state index in [0.717, 1.165) is 19.3 Å². The van der Waals surface area contributed by atoms with Gasteiger partial charge < -0.3 is 15.5 Å². The van der Waals surface area contributed by atoms with Crippen molar-refractivity contribution in [3.05, 3.63) is 30.1 Å². The van der Waals surface area contributed by atoms with Crippen LogP contribution >= 0.6 is 0 Å². The molecule has 3 aliphatic rings. The van der Waals surface area contributed by atoms with Crippen molar-refractivity contribution in [2.75, 3.05) is 6.54 Å². The van der Waals surface area contributed by atoms with Crippen LogP contribution in [0.4, 0.5) is 0 Å². The Hall–Kier alpha value is -2.44. The van der Waals surface area contributed by atoms with Crippen LogP contribution < -0.4 is 10.6 Å². The molecule has 1 aromatic rings. The lowest BCUT2D eigenvalue weighted by molar-refractivity contribution is -0.147. The molecule has 3 atom stereocenters. The van der Waals surface area contributed by atoms with Crippen molar-refractivity contribution < 1.29 is 14.4 Å². The van der Waals surface area contributed by atoms with Gasteiger partial charge in [0.25, 0.3) is 5.91 Å². The number of nitrogens with one attached hydrogen (secondary N) is 2. The van der Waals surface area contributed by atoms with E-state index < -0.39 is 12.1 Å².